The molecule has 0 bridgehead atoms. The van der Waals surface area contributed by atoms with Gasteiger partial charge in [-0.05, 0) is 59.9 Å². The van der Waals surface area contributed by atoms with Gasteiger partial charge in [0.15, 0.2) is 11.6 Å². The summed E-state index contributed by atoms with van der Waals surface area (Å²) < 4.78 is 27.2. The summed E-state index contributed by atoms with van der Waals surface area (Å²) in [5, 5.41) is 12.4. The average molecular weight is 396 g/mol. The molecule has 3 N–H and O–H groups in total. The molecule has 2 atom stereocenters. The molecule has 0 saturated carbocycles. The smallest absolute Gasteiger partial charge is 0.224 e. The second kappa shape index (κ2) is 7.80. The Balaban J connectivity index is 1.47. The van der Waals surface area contributed by atoms with Crippen LogP contribution in [0.4, 0.5) is 14.5 Å². The van der Waals surface area contributed by atoms with Crippen molar-refractivity contribution in [2.24, 2.45) is 5.73 Å². The largest absolute Gasteiger partial charge is 0.383 e. The quantitative estimate of drug-likeness (QED) is 0.836. The molecule has 2 unspecified atom stereocenters. The lowest BCUT2D eigenvalue weighted by Gasteiger charge is -2.25. The fourth-order valence-electron chi connectivity index (χ4n) is 4.34. The first kappa shape index (κ1) is 19.3. The third-order valence-corrected chi connectivity index (χ3v) is 5.88. The predicted molar refractivity (Wildman–Crippen MR) is 105 cm³/mol. The normalized spacial score (nSPS) is 18.8. The van der Waals surface area contributed by atoms with Gasteiger partial charge >= 0.3 is 0 Å². The Morgan fingerprint density at radius 3 is 2.86 bits per heavy atom. The lowest BCUT2D eigenvalue weighted by molar-refractivity contribution is -0.132. The number of carbonyl (C=O) groups is 1. The molecule has 4 rings (SSSR count). The molecule has 2 aliphatic rings. The lowest BCUT2D eigenvalue weighted by Crippen LogP contribution is -2.38. The number of nitrogens with zero attached hydrogens (tertiary/aromatic N) is 2. The molecule has 1 aliphatic carbocycles. The van der Waals surface area contributed by atoms with Crippen molar-refractivity contribution >= 4 is 11.6 Å². The molecule has 5 nitrogen and oxygen atoms in total. The van der Waals surface area contributed by atoms with Crippen LogP contribution in [0.5, 0.6) is 0 Å². The van der Waals surface area contributed by atoms with Crippen LogP contribution in [0.1, 0.15) is 41.0 Å². The minimum absolute atomic E-state index is 0.0782. The third kappa shape index (κ3) is 3.81. The number of fused-ring (bicyclic) bond motifs is 2. The van der Waals surface area contributed by atoms with Crippen LogP contribution in [-0.4, -0.2) is 29.9 Å². The van der Waals surface area contributed by atoms with Crippen molar-refractivity contribution in [2.45, 2.75) is 37.8 Å². The van der Waals surface area contributed by atoms with E-state index in [1.807, 2.05) is 6.07 Å². The Bertz CT molecular complexity index is 1000. The molecule has 2 aromatic rings. The average Bonchev–Trinajstić information content (AvgIpc) is 2.98. The second-order valence-corrected chi connectivity index (χ2v) is 7.70. The number of benzene rings is 2. The zero-order chi connectivity index (χ0) is 20.5. The Morgan fingerprint density at radius 1 is 1.28 bits per heavy atom. The van der Waals surface area contributed by atoms with Crippen molar-refractivity contribution in [2.75, 3.05) is 18.4 Å². The number of rotatable bonds is 3. The number of anilines is 1. The fourth-order valence-corrected chi connectivity index (χ4v) is 4.34. The van der Waals surface area contributed by atoms with Gasteiger partial charge in [0.25, 0.3) is 0 Å². The fraction of sp³-hybridized carbons (Fsp3) is 0.364. The van der Waals surface area contributed by atoms with Crippen LogP contribution in [0.2, 0.25) is 0 Å². The van der Waals surface area contributed by atoms with Crippen molar-refractivity contribution in [3.05, 3.63) is 64.2 Å². The molecular weight excluding hydrogens is 374 g/mol. The van der Waals surface area contributed by atoms with Gasteiger partial charge in [-0.15, -0.1) is 0 Å². The van der Waals surface area contributed by atoms with Crippen LogP contribution in [0.3, 0.4) is 0 Å². The van der Waals surface area contributed by atoms with E-state index < -0.39 is 17.7 Å². The van der Waals surface area contributed by atoms with Crippen LogP contribution in [0.15, 0.2) is 30.3 Å². The maximum Gasteiger partial charge on any atom is 0.224 e. The Kier molecular flexibility index (Phi) is 5.20. The molecule has 0 radical (unpaired) electrons. The maximum absolute atomic E-state index is 13.7. The molecule has 1 aliphatic heterocycles. The van der Waals surface area contributed by atoms with Crippen LogP contribution < -0.4 is 11.1 Å². The molecule has 1 amide bonds. The SMILES string of the molecule is N#Cc1ccc2c(c1)CN(C(=O)CC(N)C1CCc3cc(F)c(F)cc31)CCN2. The van der Waals surface area contributed by atoms with E-state index in [0.29, 0.717) is 43.6 Å². The monoisotopic (exact) mass is 396 g/mol. The molecule has 2 aromatic carbocycles. The van der Waals surface area contributed by atoms with E-state index in [1.165, 1.54) is 12.1 Å². The molecule has 0 aromatic heterocycles. The van der Waals surface area contributed by atoms with Gasteiger partial charge in [-0.2, -0.15) is 5.26 Å². The summed E-state index contributed by atoms with van der Waals surface area (Å²) in [6.07, 6.45) is 1.45. The summed E-state index contributed by atoms with van der Waals surface area (Å²) in [4.78, 5) is 14.7. The molecule has 0 saturated heterocycles. The van der Waals surface area contributed by atoms with Crippen LogP contribution >= 0.6 is 0 Å². The Morgan fingerprint density at radius 2 is 2.07 bits per heavy atom. The van der Waals surface area contributed by atoms with Crippen LogP contribution in [0, 0.1) is 23.0 Å². The number of carbonyl (C=O) groups excluding carboxylic acids is 1. The molecule has 150 valence electrons. The first-order chi connectivity index (χ1) is 14.0. The topological polar surface area (TPSA) is 82.2 Å². The van der Waals surface area contributed by atoms with E-state index in [9.17, 15) is 13.6 Å². The Hall–Kier alpha value is -2.98. The van der Waals surface area contributed by atoms with Crippen molar-refractivity contribution in [1.82, 2.24) is 4.90 Å². The first-order valence-corrected chi connectivity index (χ1v) is 9.74. The van der Waals surface area contributed by atoms with Gasteiger partial charge < -0.3 is 16.0 Å². The van der Waals surface area contributed by atoms with E-state index in [1.54, 1.807) is 17.0 Å². The van der Waals surface area contributed by atoms with Gasteiger partial charge in [-0.1, -0.05) is 0 Å². The summed E-state index contributed by atoms with van der Waals surface area (Å²) in [6.45, 7) is 1.55. The zero-order valence-corrected chi connectivity index (χ0v) is 15.9. The number of amides is 1. The van der Waals surface area contributed by atoms with Crippen molar-refractivity contribution in [3.63, 3.8) is 0 Å². The van der Waals surface area contributed by atoms with E-state index >= 15 is 0 Å². The minimum atomic E-state index is -0.877. The van der Waals surface area contributed by atoms with Crippen molar-refractivity contribution in [1.29, 1.82) is 5.26 Å². The highest BCUT2D eigenvalue weighted by Gasteiger charge is 2.31. The first-order valence-electron chi connectivity index (χ1n) is 9.74. The number of nitrogens with two attached hydrogens (primary N) is 1. The summed E-state index contributed by atoms with van der Waals surface area (Å²) >= 11 is 0. The van der Waals surface area contributed by atoms with Crippen LogP contribution in [-0.2, 0) is 17.8 Å². The van der Waals surface area contributed by atoms with Gasteiger partial charge in [-0.25, -0.2) is 8.78 Å². The Labute approximate surface area is 168 Å². The van der Waals surface area contributed by atoms with Gasteiger partial charge in [0, 0.05) is 43.7 Å². The molecule has 0 spiro atoms. The molecule has 1 heterocycles. The van der Waals surface area contributed by atoms with Gasteiger partial charge in [0.2, 0.25) is 5.91 Å². The van der Waals surface area contributed by atoms with Gasteiger partial charge in [0.05, 0.1) is 11.6 Å². The molecule has 7 heteroatoms. The number of aryl methyl sites for hydroxylation is 1. The van der Waals surface area contributed by atoms with E-state index in [-0.39, 0.29) is 18.2 Å². The number of nitrogens with one attached hydrogen (secondary N) is 1. The number of hydrogen-bond donors (Lipinski definition) is 2. The highest BCUT2D eigenvalue weighted by molar-refractivity contribution is 5.77. The highest BCUT2D eigenvalue weighted by Crippen LogP contribution is 2.37. The summed E-state index contributed by atoms with van der Waals surface area (Å²) in [6, 6.07) is 9.52. The van der Waals surface area contributed by atoms with Crippen molar-refractivity contribution in [3.8, 4) is 6.07 Å². The lowest BCUT2D eigenvalue weighted by atomic mass is 9.91. The van der Waals surface area contributed by atoms with E-state index in [4.69, 9.17) is 11.0 Å². The highest BCUT2D eigenvalue weighted by atomic mass is 19.2. The number of hydrogen-bond acceptors (Lipinski definition) is 4. The predicted octanol–water partition coefficient (Wildman–Crippen LogP) is 3.04. The number of halogens is 2. The molecule has 0 fully saturated rings. The van der Waals surface area contributed by atoms with Crippen LogP contribution in [0.25, 0.3) is 0 Å². The minimum Gasteiger partial charge on any atom is -0.383 e. The zero-order valence-electron chi connectivity index (χ0n) is 15.9. The van der Waals surface area contributed by atoms with Crippen molar-refractivity contribution < 1.29 is 13.6 Å². The summed E-state index contributed by atoms with van der Waals surface area (Å²) in [5.41, 5.74) is 10.2. The van der Waals surface area contributed by atoms with E-state index in [0.717, 1.165) is 16.8 Å². The molecular formula is C22H22F2N4O. The van der Waals surface area contributed by atoms with Gasteiger partial charge in [-0.3, -0.25) is 4.79 Å². The summed E-state index contributed by atoms with van der Waals surface area (Å²) in [5.74, 6) is -1.96. The third-order valence-electron chi connectivity index (χ3n) is 5.88. The second-order valence-electron chi connectivity index (χ2n) is 7.70. The van der Waals surface area contributed by atoms with E-state index in [2.05, 4.69) is 11.4 Å². The number of nitriles is 1. The molecule has 29 heavy (non-hydrogen) atoms. The summed E-state index contributed by atoms with van der Waals surface area (Å²) in [7, 11) is 0. The standard InChI is InChI=1S/C22H22F2N4O/c23-18-8-14-2-3-16(17(14)9-19(18)24)20(26)10-22(29)28-6-5-27-21-4-1-13(11-25)7-15(21)12-28/h1,4,7-9,16,20,27H,2-3,5-6,10,12,26H2. The maximum atomic E-state index is 13.7. The van der Waals surface area contributed by atoms with Gasteiger partial charge in [0.1, 0.15) is 0 Å².